The van der Waals surface area contributed by atoms with E-state index in [1.54, 1.807) is 29.3 Å². The third-order valence-corrected chi connectivity index (χ3v) is 4.30. The predicted molar refractivity (Wildman–Crippen MR) is 98.3 cm³/mol. The topological polar surface area (TPSA) is 74.8 Å². The number of benzene rings is 1. The minimum absolute atomic E-state index is 0.0713. The van der Waals surface area contributed by atoms with Gasteiger partial charge in [0.2, 0.25) is 5.91 Å². The molecule has 0 saturated carbocycles. The van der Waals surface area contributed by atoms with Crippen molar-refractivity contribution in [1.82, 2.24) is 15.2 Å². The zero-order valence-corrected chi connectivity index (χ0v) is 14.7. The lowest BCUT2D eigenvalue weighted by Gasteiger charge is -2.18. The van der Waals surface area contributed by atoms with E-state index in [0.29, 0.717) is 19.6 Å². The van der Waals surface area contributed by atoms with Gasteiger partial charge in [-0.15, -0.1) is 0 Å². The number of amides is 3. The maximum atomic E-state index is 12.5. The highest BCUT2D eigenvalue weighted by atomic mass is 16.5. The molecule has 1 aliphatic rings. The van der Waals surface area contributed by atoms with Crippen molar-refractivity contribution in [2.75, 3.05) is 38.2 Å². The van der Waals surface area contributed by atoms with Crippen LogP contribution in [0, 0.1) is 0 Å². The van der Waals surface area contributed by atoms with Crippen molar-refractivity contribution < 1.29 is 14.3 Å². The Labute approximate surface area is 152 Å². The van der Waals surface area contributed by atoms with Crippen molar-refractivity contribution in [2.45, 2.75) is 6.42 Å². The summed E-state index contributed by atoms with van der Waals surface area (Å²) >= 11 is 0. The van der Waals surface area contributed by atoms with Gasteiger partial charge in [-0.25, -0.2) is 4.79 Å². The van der Waals surface area contributed by atoms with Crippen LogP contribution in [0.4, 0.5) is 10.5 Å². The van der Waals surface area contributed by atoms with Gasteiger partial charge in [0.15, 0.2) is 0 Å². The van der Waals surface area contributed by atoms with E-state index in [-0.39, 0.29) is 18.5 Å². The second kappa shape index (κ2) is 8.33. The van der Waals surface area contributed by atoms with Crippen molar-refractivity contribution >= 4 is 17.6 Å². The zero-order chi connectivity index (χ0) is 18.4. The summed E-state index contributed by atoms with van der Waals surface area (Å²) in [6.45, 7) is 1.70. The summed E-state index contributed by atoms with van der Waals surface area (Å²) in [7, 11) is 1.60. The Morgan fingerprint density at radius 3 is 2.58 bits per heavy atom. The second-order valence-electron chi connectivity index (χ2n) is 6.01. The van der Waals surface area contributed by atoms with Gasteiger partial charge in [-0.3, -0.25) is 14.7 Å². The van der Waals surface area contributed by atoms with Crippen molar-refractivity contribution in [2.24, 2.45) is 0 Å². The number of aromatic nitrogens is 1. The number of ether oxygens (including phenoxy) is 1. The molecule has 2 heterocycles. The molecule has 1 fully saturated rings. The molecule has 0 spiro atoms. The molecular weight excluding hydrogens is 332 g/mol. The summed E-state index contributed by atoms with van der Waals surface area (Å²) < 4.78 is 5.13. The highest BCUT2D eigenvalue weighted by Gasteiger charge is 2.30. The molecule has 0 atom stereocenters. The fourth-order valence-electron chi connectivity index (χ4n) is 2.86. The molecular formula is C19H22N4O3. The van der Waals surface area contributed by atoms with Gasteiger partial charge in [0, 0.05) is 37.7 Å². The Hall–Kier alpha value is -3.09. The van der Waals surface area contributed by atoms with Crippen molar-refractivity contribution in [3.63, 3.8) is 0 Å². The lowest BCUT2D eigenvalue weighted by atomic mass is 10.2. The van der Waals surface area contributed by atoms with E-state index in [1.807, 2.05) is 36.4 Å². The molecule has 0 bridgehead atoms. The van der Waals surface area contributed by atoms with E-state index in [1.165, 1.54) is 0 Å². The molecule has 1 aliphatic heterocycles. The summed E-state index contributed by atoms with van der Waals surface area (Å²) in [6.07, 6.45) is 4.20. The van der Waals surface area contributed by atoms with Crippen molar-refractivity contribution in [3.05, 3.63) is 54.4 Å². The Bertz CT molecular complexity index is 749. The lowest BCUT2D eigenvalue weighted by Crippen LogP contribution is -2.40. The number of nitrogens with zero attached hydrogens (tertiary/aromatic N) is 3. The number of rotatable bonds is 7. The van der Waals surface area contributed by atoms with E-state index in [9.17, 15) is 9.59 Å². The van der Waals surface area contributed by atoms with Crippen LogP contribution in [0.15, 0.2) is 48.8 Å². The number of pyridine rings is 1. The Balaban J connectivity index is 1.47. The molecule has 1 N–H and O–H groups in total. The van der Waals surface area contributed by atoms with Crippen molar-refractivity contribution in [3.8, 4) is 5.75 Å². The van der Waals surface area contributed by atoms with Crippen LogP contribution in [0.2, 0.25) is 0 Å². The molecule has 3 rings (SSSR count). The van der Waals surface area contributed by atoms with Crippen LogP contribution in [-0.4, -0.2) is 55.1 Å². The first-order chi connectivity index (χ1) is 12.7. The van der Waals surface area contributed by atoms with Gasteiger partial charge in [0.25, 0.3) is 0 Å². The standard InChI is InChI=1S/C19H22N4O3/c1-26-17-4-2-16(3-5-17)23-13-12-22(19(23)25)14-18(24)21-11-8-15-6-9-20-10-7-15/h2-7,9-10H,8,11-14H2,1H3,(H,21,24). The molecule has 7 nitrogen and oxygen atoms in total. The summed E-state index contributed by atoms with van der Waals surface area (Å²) in [5.74, 6) is 0.592. The normalized spacial score (nSPS) is 13.8. The number of anilines is 1. The van der Waals surface area contributed by atoms with Crippen LogP contribution < -0.4 is 15.0 Å². The molecule has 1 aromatic carbocycles. The van der Waals surface area contributed by atoms with Crippen LogP contribution in [0.5, 0.6) is 5.75 Å². The number of urea groups is 1. The van der Waals surface area contributed by atoms with Crippen molar-refractivity contribution in [1.29, 1.82) is 0 Å². The maximum Gasteiger partial charge on any atom is 0.325 e. The Morgan fingerprint density at radius 2 is 1.88 bits per heavy atom. The molecule has 1 aromatic heterocycles. The number of nitrogens with one attached hydrogen (secondary N) is 1. The largest absolute Gasteiger partial charge is 0.497 e. The average molecular weight is 354 g/mol. The first-order valence-electron chi connectivity index (χ1n) is 8.53. The van der Waals surface area contributed by atoms with E-state index in [0.717, 1.165) is 23.4 Å². The van der Waals surface area contributed by atoms with E-state index in [4.69, 9.17) is 4.74 Å². The van der Waals surface area contributed by atoms with Crippen LogP contribution in [0.25, 0.3) is 0 Å². The summed E-state index contributed by atoms with van der Waals surface area (Å²) in [6, 6.07) is 11.0. The number of methoxy groups -OCH3 is 1. The summed E-state index contributed by atoms with van der Waals surface area (Å²) in [5, 5.41) is 2.86. The monoisotopic (exact) mass is 354 g/mol. The van der Waals surface area contributed by atoms with Crippen LogP contribution in [-0.2, 0) is 11.2 Å². The van der Waals surface area contributed by atoms with Crippen LogP contribution in [0.3, 0.4) is 0 Å². The second-order valence-corrected chi connectivity index (χ2v) is 6.01. The molecule has 0 unspecified atom stereocenters. The molecule has 0 aliphatic carbocycles. The van der Waals surface area contributed by atoms with Crippen LogP contribution >= 0.6 is 0 Å². The van der Waals surface area contributed by atoms with Gasteiger partial charge in [-0.1, -0.05) is 0 Å². The van der Waals surface area contributed by atoms with Gasteiger partial charge in [-0.2, -0.15) is 0 Å². The Morgan fingerprint density at radius 1 is 1.15 bits per heavy atom. The Kier molecular flexibility index (Phi) is 5.68. The smallest absolute Gasteiger partial charge is 0.325 e. The first kappa shape index (κ1) is 17.7. The molecule has 2 aromatic rings. The predicted octanol–water partition coefficient (Wildman–Crippen LogP) is 1.69. The fourth-order valence-corrected chi connectivity index (χ4v) is 2.86. The van der Waals surface area contributed by atoms with Gasteiger partial charge in [-0.05, 0) is 48.4 Å². The molecule has 136 valence electrons. The van der Waals surface area contributed by atoms with Crippen LogP contribution in [0.1, 0.15) is 5.56 Å². The van der Waals surface area contributed by atoms with Gasteiger partial charge < -0.3 is 15.0 Å². The van der Waals surface area contributed by atoms with Gasteiger partial charge in [0.1, 0.15) is 12.3 Å². The van der Waals surface area contributed by atoms with E-state index < -0.39 is 0 Å². The maximum absolute atomic E-state index is 12.5. The third-order valence-electron chi connectivity index (χ3n) is 4.30. The number of carbonyl (C=O) groups is 2. The number of hydrogen-bond acceptors (Lipinski definition) is 4. The molecule has 0 radical (unpaired) electrons. The molecule has 26 heavy (non-hydrogen) atoms. The average Bonchev–Trinajstić information content (AvgIpc) is 3.03. The van der Waals surface area contributed by atoms with E-state index >= 15 is 0 Å². The number of carbonyl (C=O) groups excluding carboxylic acids is 2. The highest BCUT2D eigenvalue weighted by molar-refractivity contribution is 5.96. The number of hydrogen-bond donors (Lipinski definition) is 1. The summed E-state index contributed by atoms with van der Waals surface area (Å²) in [5.41, 5.74) is 1.92. The highest BCUT2D eigenvalue weighted by Crippen LogP contribution is 2.23. The SMILES string of the molecule is COc1ccc(N2CCN(CC(=O)NCCc3ccncc3)C2=O)cc1. The first-order valence-corrected chi connectivity index (χ1v) is 8.53. The van der Waals surface area contributed by atoms with Gasteiger partial charge in [0.05, 0.1) is 7.11 Å². The molecule has 3 amide bonds. The molecule has 7 heteroatoms. The third kappa shape index (κ3) is 4.30. The quantitative estimate of drug-likeness (QED) is 0.821. The lowest BCUT2D eigenvalue weighted by molar-refractivity contribution is -0.121. The summed E-state index contributed by atoms with van der Waals surface area (Å²) in [4.78, 5) is 31.8. The molecule has 1 saturated heterocycles. The fraction of sp³-hybridized carbons (Fsp3) is 0.316. The van der Waals surface area contributed by atoms with Gasteiger partial charge >= 0.3 is 6.03 Å². The zero-order valence-electron chi connectivity index (χ0n) is 14.7. The minimum atomic E-state index is -0.153. The minimum Gasteiger partial charge on any atom is -0.497 e. The van der Waals surface area contributed by atoms with E-state index in [2.05, 4.69) is 10.3 Å².